The van der Waals surface area contributed by atoms with Crippen LogP contribution in [0.2, 0.25) is 10.0 Å². The van der Waals surface area contributed by atoms with Gasteiger partial charge >= 0.3 is 0 Å². The molecular formula is C18H12Cl2N8. The topological polar surface area (TPSA) is 118 Å². The molecule has 0 spiro atoms. The van der Waals surface area contributed by atoms with Gasteiger partial charge in [-0.3, -0.25) is 0 Å². The number of anilines is 3. The quantitative estimate of drug-likeness (QED) is 0.523. The SMILES string of the molecule is Cc1nc(N)cc(Nc2nccc3nn(-c4c(Cl)cc(C#N)cc4Cl)cc23)n1. The van der Waals surface area contributed by atoms with Crippen molar-refractivity contribution in [1.82, 2.24) is 24.7 Å². The molecule has 0 amide bonds. The number of nitrogens with one attached hydrogen (secondary N) is 1. The summed E-state index contributed by atoms with van der Waals surface area (Å²) in [6.45, 7) is 1.75. The van der Waals surface area contributed by atoms with Crippen LogP contribution in [0.3, 0.4) is 0 Å². The van der Waals surface area contributed by atoms with E-state index in [4.69, 9.17) is 34.2 Å². The number of hydrogen-bond donors (Lipinski definition) is 2. The first-order valence-corrected chi connectivity index (χ1v) is 8.82. The molecule has 3 N–H and O–H groups in total. The highest BCUT2D eigenvalue weighted by molar-refractivity contribution is 6.38. The molecule has 0 saturated carbocycles. The minimum atomic E-state index is 0.318. The van der Waals surface area contributed by atoms with Crippen LogP contribution in [0.1, 0.15) is 11.4 Å². The third kappa shape index (κ3) is 3.29. The van der Waals surface area contributed by atoms with Gasteiger partial charge < -0.3 is 11.1 Å². The molecule has 4 aromatic rings. The highest BCUT2D eigenvalue weighted by Gasteiger charge is 2.15. The highest BCUT2D eigenvalue weighted by atomic mass is 35.5. The number of aromatic nitrogens is 5. The van der Waals surface area contributed by atoms with E-state index in [1.807, 2.05) is 6.07 Å². The molecule has 0 saturated heterocycles. The lowest BCUT2D eigenvalue weighted by atomic mass is 10.2. The zero-order valence-electron chi connectivity index (χ0n) is 14.5. The van der Waals surface area contributed by atoms with Gasteiger partial charge in [0.25, 0.3) is 0 Å². The minimum Gasteiger partial charge on any atom is -0.384 e. The summed E-state index contributed by atoms with van der Waals surface area (Å²) in [5.41, 5.74) is 7.31. The van der Waals surface area contributed by atoms with Crippen LogP contribution in [-0.4, -0.2) is 24.7 Å². The molecule has 0 aliphatic carbocycles. The first kappa shape index (κ1) is 18.0. The van der Waals surface area contributed by atoms with Gasteiger partial charge in [-0.15, -0.1) is 0 Å². The second kappa shape index (κ2) is 6.96. The van der Waals surface area contributed by atoms with Gasteiger partial charge in [0.05, 0.1) is 32.6 Å². The van der Waals surface area contributed by atoms with Crippen molar-refractivity contribution < 1.29 is 0 Å². The fraction of sp³-hybridized carbons (Fsp3) is 0.0556. The van der Waals surface area contributed by atoms with Crippen LogP contribution in [0.15, 0.2) is 36.7 Å². The van der Waals surface area contributed by atoms with Crippen molar-refractivity contribution in [3.8, 4) is 11.8 Å². The number of nitrogens with two attached hydrogens (primary N) is 1. The molecular weight excluding hydrogens is 399 g/mol. The number of nitrogens with zero attached hydrogens (tertiary/aromatic N) is 6. The van der Waals surface area contributed by atoms with Gasteiger partial charge in [0.2, 0.25) is 0 Å². The molecule has 10 heteroatoms. The molecule has 4 rings (SSSR count). The summed E-state index contributed by atoms with van der Waals surface area (Å²) >= 11 is 12.6. The number of nitriles is 1. The number of aryl methyl sites for hydroxylation is 1. The normalized spacial score (nSPS) is 10.8. The van der Waals surface area contributed by atoms with Crippen LogP contribution >= 0.6 is 23.2 Å². The third-order valence-corrected chi connectivity index (χ3v) is 4.49. The fourth-order valence-corrected chi connectivity index (χ4v) is 3.44. The molecule has 0 bridgehead atoms. The number of nitrogen functional groups attached to an aromatic ring is 1. The highest BCUT2D eigenvalue weighted by Crippen LogP contribution is 2.32. The molecule has 1 aromatic carbocycles. The number of benzene rings is 1. The summed E-state index contributed by atoms with van der Waals surface area (Å²) in [4.78, 5) is 12.7. The zero-order valence-corrected chi connectivity index (χ0v) is 16.0. The molecule has 3 heterocycles. The van der Waals surface area contributed by atoms with E-state index in [1.165, 1.54) is 0 Å². The first-order chi connectivity index (χ1) is 13.4. The van der Waals surface area contributed by atoms with Gasteiger partial charge in [-0.25, -0.2) is 19.6 Å². The van der Waals surface area contributed by atoms with Crippen LogP contribution in [0.25, 0.3) is 16.6 Å². The Kier molecular flexibility index (Phi) is 4.47. The second-order valence-corrected chi connectivity index (χ2v) is 6.73. The summed E-state index contributed by atoms with van der Waals surface area (Å²) in [5.74, 6) is 1.96. The van der Waals surface area contributed by atoms with E-state index in [1.54, 1.807) is 48.3 Å². The van der Waals surface area contributed by atoms with Crippen LogP contribution in [0, 0.1) is 18.3 Å². The van der Waals surface area contributed by atoms with Crippen molar-refractivity contribution in [2.75, 3.05) is 11.1 Å². The van der Waals surface area contributed by atoms with Crippen molar-refractivity contribution in [3.05, 3.63) is 58.1 Å². The number of pyridine rings is 1. The van der Waals surface area contributed by atoms with Gasteiger partial charge in [0.1, 0.15) is 29.0 Å². The van der Waals surface area contributed by atoms with E-state index < -0.39 is 0 Å². The Hall–Kier alpha value is -3.41. The smallest absolute Gasteiger partial charge is 0.142 e. The molecule has 0 radical (unpaired) electrons. The Morgan fingerprint density at radius 1 is 1.18 bits per heavy atom. The van der Waals surface area contributed by atoms with E-state index in [9.17, 15) is 0 Å². The molecule has 0 unspecified atom stereocenters. The predicted molar refractivity (Wildman–Crippen MR) is 108 cm³/mol. The predicted octanol–water partition coefficient (Wildman–Crippen LogP) is 4.02. The van der Waals surface area contributed by atoms with Crippen molar-refractivity contribution in [2.45, 2.75) is 6.92 Å². The van der Waals surface area contributed by atoms with Crippen LogP contribution in [-0.2, 0) is 0 Å². The largest absolute Gasteiger partial charge is 0.384 e. The average Bonchev–Trinajstić information content (AvgIpc) is 3.05. The van der Waals surface area contributed by atoms with E-state index in [0.717, 1.165) is 5.39 Å². The Labute approximate surface area is 169 Å². The van der Waals surface area contributed by atoms with Crippen molar-refractivity contribution in [3.63, 3.8) is 0 Å². The lowest BCUT2D eigenvalue weighted by molar-refractivity contribution is 0.896. The molecule has 0 aliphatic heterocycles. The maximum atomic E-state index is 9.05. The Balaban J connectivity index is 1.81. The van der Waals surface area contributed by atoms with E-state index in [2.05, 4.69) is 25.4 Å². The molecule has 0 atom stereocenters. The van der Waals surface area contributed by atoms with Crippen molar-refractivity contribution >= 4 is 51.6 Å². The third-order valence-electron chi connectivity index (χ3n) is 3.91. The standard InChI is InChI=1S/C18H12Cl2N8/c1-9-24-15(22)6-16(25-9)26-18-11-8-28(27-14(11)2-3-23-18)17-12(19)4-10(7-21)5-13(17)20/h2-6,8H,1H3,(H3,22,23,24,25,26). The van der Waals surface area contributed by atoms with Crippen molar-refractivity contribution in [2.24, 2.45) is 0 Å². The molecule has 0 aliphatic rings. The second-order valence-electron chi connectivity index (χ2n) is 5.92. The molecule has 3 aromatic heterocycles. The summed E-state index contributed by atoms with van der Waals surface area (Å²) in [5, 5.41) is 18.1. The van der Waals surface area contributed by atoms with Gasteiger partial charge in [0.15, 0.2) is 0 Å². The van der Waals surface area contributed by atoms with E-state index in [-0.39, 0.29) is 0 Å². The van der Waals surface area contributed by atoms with Gasteiger partial charge in [0, 0.05) is 18.5 Å². The molecule has 0 fully saturated rings. The van der Waals surface area contributed by atoms with Crippen LogP contribution < -0.4 is 11.1 Å². The van der Waals surface area contributed by atoms with Gasteiger partial charge in [-0.05, 0) is 25.1 Å². The number of rotatable bonds is 3. The maximum Gasteiger partial charge on any atom is 0.142 e. The molecule has 138 valence electrons. The number of halogens is 2. The summed E-state index contributed by atoms with van der Waals surface area (Å²) in [7, 11) is 0. The lowest BCUT2D eigenvalue weighted by Gasteiger charge is -2.07. The summed E-state index contributed by atoms with van der Waals surface area (Å²) in [6, 6.07) is 8.48. The Morgan fingerprint density at radius 2 is 1.93 bits per heavy atom. The molecule has 8 nitrogen and oxygen atoms in total. The summed E-state index contributed by atoms with van der Waals surface area (Å²) in [6.07, 6.45) is 3.38. The number of hydrogen-bond acceptors (Lipinski definition) is 7. The van der Waals surface area contributed by atoms with E-state index in [0.29, 0.717) is 50.1 Å². The zero-order chi connectivity index (χ0) is 19.8. The minimum absolute atomic E-state index is 0.318. The van der Waals surface area contributed by atoms with Gasteiger partial charge in [-0.1, -0.05) is 23.2 Å². The maximum absolute atomic E-state index is 9.05. The first-order valence-electron chi connectivity index (χ1n) is 8.06. The fourth-order valence-electron chi connectivity index (χ4n) is 2.78. The lowest BCUT2D eigenvalue weighted by Crippen LogP contribution is -2.01. The molecule has 28 heavy (non-hydrogen) atoms. The summed E-state index contributed by atoms with van der Waals surface area (Å²) < 4.78 is 1.56. The Morgan fingerprint density at radius 3 is 2.61 bits per heavy atom. The van der Waals surface area contributed by atoms with Crippen molar-refractivity contribution in [1.29, 1.82) is 5.26 Å². The van der Waals surface area contributed by atoms with Crippen LogP contribution in [0.4, 0.5) is 17.5 Å². The van der Waals surface area contributed by atoms with E-state index >= 15 is 0 Å². The Bertz CT molecular complexity index is 1220. The monoisotopic (exact) mass is 410 g/mol. The average molecular weight is 411 g/mol. The van der Waals surface area contributed by atoms with Crippen LogP contribution in [0.5, 0.6) is 0 Å². The van der Waals surface area contributed by atoms with Gasteiger partial charge in [-0.2, -0.15) is 10.4 Å². The number of fused-ring (bicyclic) bond motifs is 1.